The van der Waals surface area contributed by atoms with Crippen LogP contribution in [0.1, 0.15) is 16.8 Å². The lowest BCUT2D eigenvalue weighted by molar-refractivity contribution is -0.155. The van der Waals surface area contributed by atoms with Gasteiger partial charge in [0, 0.05) is 5.56 Å². The summed E-state index contributed by atoms with van der Waals surface area (Å²) in [5, 5.41) is -0.766. The van der Waals surface area contributed by atoms with E-state index in [1.165, 1.54) is 0 Å². The second-order valence-electron chi connectivity index (χ2n) is 7.80. The number of nitrogens with one attached hydrogen (secondary N) is 2. The van der Waals surface area contributed by atoms with Gasteiger partial charge in [-0.15, -0.1) is 23.2 Å². The third-order valence-corrected chi connectivity index (χ3v) is 7.40. The molecule has 2 N–H and O–H groups in total. The molecule has 4 amide bonds. The number of hydrogen-bond acceptors (Lipinski definition) is 6. The molecule has 1 aliphatic heterocycles. The van der Waals surface area contributed by atoms with E-state index in [9.17, 15) is 24.0 Å². The van der Waals surface area contributed by atoms with Crippen molar-refractivity contribution in [2.45, 2.75) is 17.2 Å². The first-order valence-corrected chi connectivity index (χ1v) is 10.6. The minimum atomic E-state index is -0.914. The lowest BCUT2D eigenvalue weighted by Gasteiger charge is -2.28. The molecule has 1 aromatic carbocycles. The largest absolute Gasteiger partial charge is 0.454 e. The predicted molar refractivity (Wildman–Crippen MR) is 108 cm³/mol. The number of ether oxygens (including phenoxy) is 1. The van der Waals surface area contributed by atoms with Crippen LogP contribution in [0.5, 0.6) is 0 Å². The number of carbonyl (C=O) groups is 5. The fraction of sp³-hybridized carbons (Fsp3) is 0.450. The molecule has 1 aromatic rings. The van der Waals surface area contributed by atoms with E-state index in [2.05, 4.69) is 10.9 Å². The Hall–Kier alpha value is -2.65. The van der Waals surface area contributed by atoms with E-state index >= 15 is 0 Å². The van der Waals surface area contributed by atoms with Crippen LogP contribution in [0.25, 0.3) is 0 Å². The number of hydrogen-bond donors (Lipinski definition) is 2. The van der Waals surface area contributed by atoms with Gasteiger partial charge in [0.15, 0.2) is 6.61 Å². The van der Waals surface area contributed by atoms with Crippen LogP contribution < -0.4 is 10.9 Å². The van der Waals surface area contributed by atoms with Crippen molar-refractivity contribution in [3.05, 3.63) is 35.9 Å². The van der Waals surface area contributed by atoms with Gasteiger partial charge < -0.3 is 4.74 Å². The highest BCUT2D eigenvalue weighted by atomic mass is 35.5. The van der Waals surface area contributed by atoms with Gasteiger partial charge >= 0.3 is 5.97 Å². The lowest BCUT2D eigenvalue weighted by atomic mass is 9.80. The third kappa shape index (κ3) is 3.87. The molecule has 6 atom stereocenters. The van der Waals surface area contributed by atoms with Gasteiger partial charge in [-0.2, -0.15) is 0 Å². The number of carbonyl (C=O) groups excluding carboxylic acids is 5. The van der Waals surface area contributed by atoms with Crippen molar-refractivity contribution in [1.29, 1.82) is 0 Å². The topological polar surface area (TPSA) is 122 Å². The first kappa shape index (κ1) is 21.6. The second-order valence-corrected chi connectivity index (χ2v) is 8.80. The summed E-state index contributed by atoms with van der Waals surface area (Å²) in [7, 11) is 0. The molecular formula is C20H19Cl2N3O6. The minimum Gasteiger partial charge on any atom is -0.454 e. The number of benzene rings is 1. The van der Waals surface area contributed by atoms with Crippen molar-refractivity contribution >= 4 is 52.8 Å². The lowest BCUT2D eigenvalue weighted by Crippen LogP contribution is -2.44. The number of esters is 1. The highest BCUT2D eigenvalue weighted by Crippen LogP contribution is 2.59. The number of rotatable bonds is 5. The standard InChI is InChI=1S/C20H19Cl2N3O6/c21-16-10-6-11(17(16)22)15-14(10)19(29)25(20(15)30)7-13(27)31-8-12(26)23-24-18(28)9-4-2-1-3-5-9/h1-5,10-11,14-17H,6-8H2,(H,23,26)(H,24,28)/t10-,11-,14-,15+,16+,17+/m1/s1. The Morgan fingerprint density at radius 2 is 1.55 bits per heavy atom. The molecule has 1 heterocycles. The Balaban J connectivity index is 1.25. The zero-order valence-corrected chi connectivity index (χ0v) is 17.6. The maximum Gasteiger partial charge on any atom is 0.326 e. The maximum absolute atomic E-state index is 12.7. The summed E-state index contributed by atoms with van der Waals surface area (Å²) in [6.45, 7) is -1.27. The van der Waals surface area contributed by atoms with Gasteiger partial charge in [0.2, 0.25) is 11.8 Å². The molecule has 2 bridgehead atoms. The number of fused-ring (bicyclic) bond motifs is 5. The normalized spacial score (nSPS) is 30.8. The van der Waals surface area contributed by atoms with Crippen molar-refractivity contribution < 1.29 is 28.7 Å². The highest BCUT2D eigenvalue weighted by molar-refractivity contribution is 6.31. The highest BCUT2D eigenvalue weighted by Gasteiger charge is 2.66. The van der Waals surface area contributed by atoms with Crippen molar-refractivity contribution in [2.24, 2.45) is 23.7 Å². The van der Waals surface area contributed by atoms with E-state index in [1.807, 2.05) is 0 Å². The first-order valence-electron chi connectivity index (χ1n) is 9.72. The molecule has 4 rings (SSSR count). The fourth-order valence-corrected chi connectivity index (χ4v) is 5.60. The number of alkyl halides is 2. The van der Waals surface area contributed by atoms with Crippen LogP contribution in [0.4, 0.5) is 0 Å². The van der Waals surface area contributed by atoms with Crippen LogP contribution >= 0.6 is 23.2 Å². The van der Waals surface area contributed by atoms with Crippen molar-refractivity contribution in [3.63, 3.8) is 0 Å². The van der Waals surface area contributed by atoms with Crippen LogP contribution in [0.2, 0.25) is 0 Å². The Bertz CT molecular complexity index is 910. The summed E-state index contributed by atoms with van der Waals surface area (Å²) in [5.41, 5.74) is 4.64. The molecule has 3 aliphatic rings. The number of nitrogens with zero attached hydrogens (tertiary/aromatic N) is 1. The summed E-state index contributed by atoms with van der Waals surface area (Å²) >= 11 is 12.6. The maximum atomic E-state index is 12.7. The molecule has 2 saturated carbocycles. The Labute approximate surface area is 187 Å². The number of likely N-dealkylation sites (tertiary alicyclic amines) is 1. The molecular weight excluding hydrogens is 449 g/mol. The van der Waals surface area contributed by atoms with Gasteiger partial charge in [0.05, 0.1) is 22.6 Å². The molecule has 164 valence electrons. The van der Waals surface area contributed by atoms with Gasteiger partial charge in [-0.05, 0) is 30.4 Å². The first-order chi connectivity index (χ1) is 14.8. The van der Waals surface area contributed by atoms with Gasteiger partial charge in [-0.25, -0.2) is 0 Å². The molecule has 0 spiro atoms. The monoisotopic (exact) mass is 467 g/mol. The Morgan fingerprint density at radius 3 is 2.13 bits per heavy atom. The molecule has 11 heteroatoms. The summed E-state index contributed by atoms with van der Waals surface area (Å²) in [4.78, 5) is 62.0. The molecule has 2 aliphatic carbocycles. The quantitative estimate of drug-likeness (QED) is 0.280. The van der Waals surface area contributed by atoms with Crippen LogP contribution in [0.3, 0.4) is 0 Å². The van der Waals surface area contributed by atoms with Gasteiger partial charge in [0.25, 0.3) is 11.8 Å². The molecule has 31 heavy (non-hydrogen) atoms. The van der Waals surface area contributed by atoms with E-state index in [1.54, 1.807) is 30.3 Å². The summed E-state index contributed by atoms with van der Waals surface area (Å²) in [6.07, 6.45) is 0.627. The minimum absolute atomic E-state index is 0.185. The summed E-state index contributed by atoms with van der Waals surface area (Å²) in [6, 6.07) is 8.20. The Kier molecular flexibility index (Phi) is 5.90. The summed E-state index contributed by atoms with van der Waals surface area (Å²) < 4.78 is 4.83. The van der Waals surface area contributed by atoms with Crippen molar-refractivity contribution in [1.82, 2.24) is 15.8 Å². The molecule has 0 aromatic heterocycles. The zero-order valence-electron chi connectivity index (χ0n) is 16.1. The number of halogens is 2. The summed E-state index contributed by atoms with van der Waals surface area (Å²) in [5.74, 6) is -4.61. The van der Waals surface area contributed by atoms with Crippen molar-refractivity contribution in [3.8, 4) is 0 Å². The SMILES string of the molecule is O=C(COC(=O)CN1C(=O)[C@@H]2[C@H]3C[C@@H]([C@H](Cl)[C@H]3Cl)[C@@H]2C1=O)NNC(=O)c1ccccc1. The van der Waals surface area contributed by atoms with Gasteiger partial charge in [0.1, 0.15) is 6.54 Å². The number of amides is 4. The van der Waals surface area contributed by atoms with E-state index in [-0.39, 0.29) is 22.6 Å². The molecule has 0 radical (unpaired) electrons. The van der Waals surface area contributed by atoms with Gasteiger partial charge in [-0.1, -0.05) is 18.2 Å². The van der Waals surface area contributed by atoms with E-state index in [0.717, 1.165) is 4.90 Å². The van der Waals surface area contributed by atoms with Gasteiger partial charge in [-0.3, -0.25) is 39.7 Å². The molecule has 1 saturated heterocycles. The Morgan fingerprint density at radius 1 is 0.968 bits per heavy atom. The van der Waals surface area contributed by atoms with E-state index in [0.29, 0.717) is 12.0 Å². The van der Waals surface area contributed by atoms with Crippen LogP contribution in [-0.4, -0.2) is 58.4 Å². The fourth-order valence-electron chi connectivity index (χ4n) is 4.71. The average Bonchev–Trinajstić information content (AvgIpc) is 3.37. The van der Waals surface area contributed by atoms with Crippen LogP contribution in [-0.2, 0) is 23.9 Å². The van der Waals surface area contributed by atoms with Crippen LogP contribution in [0.15, 0.2) is 30.3 Å². The smallest absolute Gasteiger partial charge is 0.326 e. The average molecular weight is 468 g/mol. The second kappa shape index (κ2) is 8.47. The number of hydrazine groups is 1. The van der Waals surface area contributed by atoms with Crippen LogP contribution in [0, 0.1) is 23.7 Å². The molecule has 9 nitrogen and oxygen atoms in total. The molecule has 0 unspecified atom stereocenters. The zero-order chi connectivity index (χ0) is 22.3. The van der Waals surface area contributed by atoms with E-state index in [4.69, 9.17) is 27.9 Å². The molecule has 3 fully saturated rings. The number of imide groups is 1. The predicted octanol–water partition coefficient (Wildman–Crippen LogP) is 0.457. The third-order valence-electron chi connectivity index (χ3n) is 6.08. The van der Waals surface area contributed by atoms with Crippen molar-refractivity contribution in [2.75, 3.05) is 13.2 Å². The van der Waals surface area contributed by atoms with E-state index < -0.39 is 54.6 Å².